The molecule has 0 radical (unpaired) electrons. The largest absolute Gasteiger partial charge is 0.465 e. The molecule has 30 heavy (non-hydrogen) atoms. The van der Waals surface area contributed by atoms with Gasteiger partial charge in [0.25, 0.3) is 0 Å². The molecule has 9 heteroatoms. The van der Waals surface area contributed by atoms with Crippen molar-refractivity contribution in [2.45, 2.75) is 32.2 Å². The summed E-state index contributed by atoms with van der Waals surface area (Å²) in [7, 11) is -2.23. The number of methoxy groups -OCH3 is 1. The number of nitrogens with one attached hydrogen (secondary N) is 1. The van der Waals surface area contributed by atoms with E-state index in [2.05, 4.69) is 10.1 Å². The quantitative estimate of drug-likeness (QED) is 0.481. The second-order valence-corrected chi connectivity index (χ2v) is 8.32. The van der Waals surface area contributed by atoms with Crippen LogP contribution in [-0.2, 0) is 26.1 Å². The normalized spacial score (nSPS) is 11.8. The highest BCUT2D eigenvalue weighted by Crippen LogP contribution is 2.17. The van der Waals surface area contributed by atoms with Crippen LogP contribution in [0.1, 0.15) is 41.3 Å². The summed E-state index contributed by atoms with van der Waals surface area (Å²) in [4.78, 5) is 23.8. The number of aryl methyl sites for hydroxylation is 1. The van der Waals surface area contributed by atoms with E-state index in [0.29, 0.717) is 35.7 Å². The Morgan fingerprint density at radius 2 is 1.80 bits per heavy atom. The molecule has 162 valence electrons. The smallest absolute Gasteiger partial charge is 0.341 e. The van der Waals surface area contributed by atoms with Crippen molar-refractivity contribution in [1.82, 2.24) is 9.62 Å². The molecule has 0 saturated carbocycles. The minimum atomic E-state index is -3.51. The number of sulfonamides is 1. The van der Waals surface area contributed by atoms with E-state index < -0.39 is 16.0 Å². The average Bonchev–Trinajstić information content (AvgIpc) is 3.11. The van der Waals surface area contributed by atoms with Gasteiger partial charge in [-0.15, -0.1) is 0 Å². The standard InChI is InChI=1S/C21H26N2O6S/c1-5-23(6-2)30(26,27)18-10-7-16(8-11-18)9-12-20(24)22-14-17-13-19(15(3)29-17)21(25)28-4/h7-13H,5-6,14H2,1-4H3,(H,22,24). The zero-order valence-corrected chi connectivity index (χ0v) is 18.3. The lowest BCUT2D eigenvalue weighted by atomic mass is 10.2. The second-order valence-electron chi connectivity index (χ2n) is 6.38. The van der Waals surface area contributed by atoms with E-state index >= 15 is 0 Å². The zero-order valence-electron chi connectivity index (χ0n) is 17.5. The monoisotopic (exact) mass is 434 g/mol. The third-order valence-electron chi connectivity index (χ3n) is 4.46. The van der Waals surface area contributed by atoms with Gasteiger partial charge < -0.3 is 14.5 Å². The number of amides is 1. The summed E-state index contributed by atoms with van der Waals surface area (Å²) >= 11 is 0. The second kappa shape index (κ2) is 10.2. The fourth-order valence-corrected chi connectivity index (χ4v) is 4.27. The van der Waals surface area contributed by atoms with Crippen molar-refractivity contribution < 1.29 is 27.2 Å². The Morgan fingerprint density at radius 3 is 2.37 bits per heavy atom. The summed E-state index contributed by atoms with van der Waals surface area (Å²) in [5, 5.41) is 2.66. The zero-order chi connectivity index (χ0) is 22.3. The maximum atomic E-state index is 12.5. The highest BCUT2D eigenvalue weighted by molar-refractivity contribution is 7.89. The van der Waals surface area contributed by atoms with Gasteiger partial charge in [0.05, 0.1) is 18.6 Å². The molecule has 1 aromatic carbocycles. The SMILES string of the molecule is CCN(CC)S(=O)(=O)c1ccc(C=CC(=O)NCc2cc(C(=O)OC)c(C)o2)cc1. The lowest BCUT2D eigenvalue weighted by Gasteiger charge is -2.18. The van der Waals surface area contributed by atoms with Gasteiger partial charge in [0.15, 0.2) is 0 Å². The topological polar surface area (TPSA) is 106 Å². The van der Waals surface area contributed by atoms with Crippen molar-refractivity contribution in [2.24, 2.45) is 0 Å². The number of rotatable bonds is 9. The van der Waals surface area contributed by atoms with Crippen LogP contribution in [0.5, 0.6) is 0 Å². The molecule has 0 fully saturated rings. The third kappa shape index (κ3) is 5.58. The first-order chi connectivity index (χ1) is 14.2. The molecule has 8 nitrogen and oxygen atoms in total. The van der Waals surface area contributed by atoms with Crippen molar-refractivity contribution in [3.63, 3.8) is 0 Å². The third-order valence-corrected chi connectivity index (χ3v) is 6.53. The fraction of sp³-hybridized carbons (Fsp3) is 0.333. The predicted octanol–water partition coefficient (Wildman–Crippen LogP) is 2.73. The van der Waals surface area contributed by atoms with E-state index in [9.17, 15) is 18.0 Å². The molecular formula is C21H26N2O6S. The molecule has 0 saturated heterocycles. The van der Waals surface area contributed by atoms with Crippen LogP contribution in [0.4, 0.5) is 0 Å². The highest BCUT2D eigenvalue weighted by atomic mass is 32.2. The summed E-state index contributed by atoms with van der Waals surface area (Å²) in [6.45, 7) is 6.13. The Morgan fingerprint density at radius 1 is 1.17 bits per heavy atom. The van der Waals surface area contributed by atoms with Crippen molar-refractivity contribution in [2.75, 3.05) is 20.2 Å². The molecule has 0 unspecified atom stereocenters. The number of hydrogen-bond donors (Lipinski definition) is 1. The lowest BCUT2D eigenvalue weighted by molar-refractivity contribution is -0.116. The van der Waals surface area contributed by atoms with Crippen LogP contribution in [0, 0.1) is 6.92 Å². The van der Waals surface area contributed by atoms with E-state index in [0.717, 1.165) is 0 Å². The van der Waals surface area contributed by atoms with Crippen molar-refractivity contribution in [3.05, 3.63) is 59.1 Å². The fourth-order valence-electron chi connectivity index (χ4n) is 2.81. The van der Waals surface area contributed by atoms with Gasteiger partial charge in [0.2, 0.25) is 15.9 Å². The molecule has 0 atom stereocenters. The molecular weight excluding hydrogens is 408 g/mol. The first-order valence-electron chi connectivity index (χ1n) is 9.46. The summed E-state index contributed by atoms with van der Waals surface area (Å²) < 4.78 is 36.4. The maximum absolute atomic E-state index is 12.5. The Kier molecular flexibility index (Phi) is 7.96. The summed E-state index contributed by atoms with van der Waals surface area (Å²) in [6, 6.07) is 7.84. The van der Waals surface area contributed by atoms with Gasteiger partial charge in [0, 0.05) is 19.2 Å². The van der Waals surface area contributed by atoms with E-state index in [4.69, 9.17) is 4.42 Å². The molecule has 1 N–H and O–H groups in total. The summed E-state index contributed by atoms with van der Waals surface area (Å²) in [6.07, 6.45) is 2.92. The molecule has 0 aliphatic rings. The molecule has 1 heterocycles. The van der Waals surface area contributed by atoms with Crippen molar-refractivity contribution in [3.8, 4) is 0 Å². The molecule has 0 spiro atoms. The number of benzene rings is 1. The Bertz CT molecular complexity index is 1020. The van der Waals surface area contributed by atoms with E-state index in [1.54, 1.807) is 39.0 Å². The predicted molar refractivity (Wildman–Crippen MR) is 112 cm³/mol. The number of carbonyl (C=O) groups is 2. The molecule has 2 aromatic rings. The maximum Gasteiger partial charge on any atom is 0.341 e. The molecule has 1 aromatic heterocycles. The highest BCUT2D eigenvalue weighted by Gasteiger charge is 2.21. The summed E-state index contributed by atoms with van der Waals surface area (Å²) in [5.74, 6) is -0.00862. The van der Waals surface area contributed by atoms with Gasteiger partial charge in [-0.05, 0) is 36.8 Å². The van der Waals surface area contributed by atoms with Gasteiger partial charge in [0.1, 0.15) is 17.1 Å². The Balaban J connectivity index is 1.98. The van der Waals surface area contributed by atoms with Crippen molar-refractivity contribution in [1.29, 1.82) is 0 Å². The first kappa shape index (κ1) is 23.4. The van der Waals surface area contributed by atoms with Crippen LogP contribution in [0.2, 0.25) is 0 Å². The summed E-state index contributed by atoms with van der Waals surface area (Å²) in [5.41, 5.74) is 1.00. The molecule has 0 bridgehead atoms. The van der Waals surface area contributed by atoms with Gasteiger partial charge in [-0.2, -0.15) is 4.31 Å². The van der Waals surface area contributed by atoms with Crippen molar-refractivity contribution >= 4 is 28.0 Å². The van der Waals surface area contributed by atoms with Gasteiger partial charge in [-0.25, -0.2) is 13.2 Å². The number of nitrogens with zero attached hydrogens (tertiary/aromatic N) is 1. The van der Waals surface area contributed by atoms with E-state index in [1.807, 2.05) is 0 Å². The molecule has 1 amide bonds. The van der Waals surface area contributed by atoms with Crippen LogP contribution >= 0.6 is 0 Å². The van der Waals surface area contributed by atoms with Crippen LogP contribution in [0.15, 0.2) is 45.7 Å². The number of ether oxygens (including phenoxy) is 1. The number of esters is 1. The number of carbonyl (C=O) groups excluding carboxylic acids is 2. The van der Waals surface area contributed by atoms with E-state index in [1.165, 1.54) is 35.7 Å². The van der Waals surface area contributed by atoms with Gasteiger partial charge in [-0.1, -0.05) is 26.0 Å². The first-order valence-corrected chi connectivity index (χ1v) is 10.9. The number of furan rings is 1. The minimum absolute atomic E-state index is 0.113. The van der Waals surface area contributed by atoms with Crippen LogP contribution in [-0.4, -0.2) is 44.8 Å². The lowest BCUT2D eigenvalue weighted by Crippen LogP contribution is -2.30. The van der Waals surface area contributed by atoms with Gasteiger partial charge in [-0.3, -0.25) is 4.79 Å². The van der Waals surface area contributed by atoms with Crippen LogP contribution < -0.4 is 5.32 Å². The molecule has 0 aliphatic heterocycles. The Hall–Kier alpha value is -2.91. The van der Waals surface area contributed by atoms with E-state index in [-0.39, 0.29) is 17.3 Å². The average molecular weight is 435 g/mol. The van der Waals surface area contributed by atoms with Crippen LogP contribution in [0.3, 0.4) is 0 Å². The minimum Gasteiger partial charge on any atom is -0.465 e. The van der Waals surface area contributed by atoms with Crippen LogP contribution in [0.25, 0.3) is 6.08 Å². The molecule has 0 aliphatic carbocycles. The number of hydrogen-bond acceptors (Lipinski definition) is 6. The van der Waals surface area contributed by atoms with Gasteiger partial charge >= 0.3 is 5.97 Å². The molecule has 2 rings (SSSR count). The Labute approximate surface area is 176 Å².